The average Bonchev–Trinajstić information content (AvgIpc) is 3.19. The third-order valence-electron chi connectivity index (χ3n) is 9.66. The average molecular weight is 375 g/mol. The van der Waals surface area contributed by atoms with Crippen LogP contribution < -0.4 is 0 Å². The number of fused-ring (bicyclic) bond motifs is 5. The summed E-state index contributed by atoms with van der Waals surface area (Å²) in [5, 5.41) is 11.3. The zero-order chi connectivity index (χ0) is 19.1. The molecule has 1 spiro atoms. The molecule has 27 heavy (non-hydrogen) atoms. The van der Waals surface area contributed by atoms with Gasteiger partial charge in [-0.3, -0.25) is 4.79 Å². The summed E-state index contributed by atoms with van der Waals surface area (Å²) >= 11 is 0. The van der Waals surface area contributed by atoms with Crippen molar-refractivity contribution in [2.75, 3.05) is 13.2 Å². The van der Waals surface area contributed by atoms with Gasteiger partial charge in [0.15, 0.2) is 11.6 Å². The van der Waals surface area contributed by atoms with Crippen LogP contribution >= 0.6 is 0 Å². The van der Waals surface area contributed by atoms with E-state index in [-0.39, 0.29) is 22.4 Å². The predicted octanol–water partition coefficient (Wildman–Crippen LogP) is 4.01. The Labute approximate surface area is 162 Å². The number of carbonyl (C=O) groups is 1. The number of carbonyl (C=O) groups excluding carboxylic acids is 1. The summed E-state index contributed by atoms with van der Waals surface area (Å²) in [6.45, 7) is 7.69. The van der Waals surface area contributed by atoms with Gasteiger partial charge in [0, 0.05) is 18.3 Å². The number of ether oxygens (including phenoxy) is 2. The molecule has 0 amide bonds. The van der Waals surface area contributed by atoms with Gasteiger partial charge in [-0.25, -0.2) is 0 Å². The summed E-state index contributed by atoms with van der Waals surface area (Å²) in [6.07, 6.45) is 10.3. The summed E-state index contributed by atoms with van der Waals surface area (Å²) in [5.41, 5.74) is 0.396. The molecule has 1 heterocycles. The Morgan fingerprint density at radius 2 is 1.78 bits per heavy atom. The molecule has 6 atom stereocenters. The Balaban J connectivity index is 1.46. The molecule has 0 aromatic heterocycles. The van der Waals surface area contributed by atoms with E-state index in [4.69, 9.17) is 9.47 Å². The zero-order valence-electron chi connectivity index (χ0n) is 17.1. The first kappa shape index (κ1) is 18.3. The van der Waals surface area contributed by atoms with E-state index in [1.165, 1.54) is 0 Å². The van der Waals surface area contributed by atoms with Gasteiger partial charge in [-0.1, -0.05) is 25.5 Å². The van der Waals surface area contributed by atoms with Gasteiger partial charge in [0.1, 0.15) is 5.60 Å². The van der Waals surface area contributed by atoms with Gasteiger partial charge in [0.2, 0.25) is 0 Å². The Kier molecular flexibility index (Phi) is 3.85. The molecule has 5 rings (SSSR count). The predicted molar refractivity (Wildman–Crippen MR) is 102 cm³/mol. The molecule has 1 N–H and O–H groups in total. The first-order chi connectivity index (χ1) is 12.7. The molecule has 4 heteroatoms. The highest BCUT2D eigenvalue weighted by atomic mass is 16.7. The maximum Gasteiger partial charge on any atom is 0.172 e. The fourth-order valence-corrected chi connectivity index (χ4v) is 7.94. The normalized spacial score (nSPS) is 50.7. The van der Waals surface area contributed by atoms with E-state index in [0.29, 0.717) is 24.2 Å². The largest absolute Gasteiger partial charge is 0.382 e. The topological polar surface area (TPSA) is 55.8 Å². The van der Waals surface area contributed by atoms with Crippen LogP contribution in [-0.4, -0.2) is 35.5 Å². The minimum Gasteiger partial charge on any atom is -0.382 e. The maximum atomic E-state index is 12.3. The Morgan fingerprint density at radius 3 is 2.48 bits per heavy atom. The van der Waals surface area contributed by atoms with Gasteiger partial charge in [0.25, 0.3) is 0 Å². The quantitative estimate of drug-likeness (QED) is 0.705. The highest BCUT2D eigenvalue weighted by molar-refractivity contribution is 5.86. The van der Waals surface area contributed by atoms with Crippen molar-refractivity contribution < 1.29 is 19.4 Å². The third-order valence-corrected chi connectivity index (χ3v) is 9.66. The van der Waals surface area contributed by atoms with Crippen LogP contribution in [0, 0.1) is 28.6 Å². The number of aliphatic hydroxyl groups is 1. The number of Topliss-reactive ketones (excluding diaryl/α,β-unsaturated/α-hetero) is 1. The van der Waals surface area contributed by atoms with E-state index >= 15 is 0 Å². The molecule has 150 valence electrons. The molecule has 1 aliphatic heterocycles. The lowest BCUT2D eigenvalue weighted by molar-refractivity contribution is -0.188. The Bertz CT molecular complexity index is 692. The maximum absolute atomic E-state index is 12.3. The van der Waals surface area contributed by atoms with Gasteiger partial charge in [-0.2, -0.15) is 0 Å². The summed E-state index contributed by atoms with van der Waals surface area (Å²) in [5.74, 6) is 1.31. The van der Waals surface area contributed by atoms with Crippen molar-refractivity contribution in [3.8, 4) is 0 Å². The van der Waals surface area contributed by atoms with E-state index in [2.05, 4.69) is 19.9 Å². The number of hydrogen-bond acceptors (Lipinski definition) is 4. The van der Waals surface area contributed by atoms with Crippen molar-refractivity contribution in [2.45, 2.75) is 83.5 Å². The second kappa shape index (κ2) is 5.67. The van der Waals surface area contributed by atoms with Crippen LogP contribution in [0.2, 0.25) is 0 Å². The van der Waals surface area contributed by atoms with Gasteiger partial charge in [0.05, 0.1) is 13.2 Å². The molecule has 3 saturated carbocycles. The summed E-state index contributed by atoms with van der Waals surface area (Å²) < 4.78 is 12.0. The van der Waals surface area contributed by atoms with Crippen molar-refractivity contribution in [1.29, 1.82) is 0 Å². The van der Waals surface area contributed by atoms with Crippen LogP contribution in [0.15, 0.2) is 11.6 Å². The Morgan fingerprint density at radius 1 is 1.07 bits per heavy atom. The van der Waals surface area contributed by atoms with Crippen molar-refractivity contribution >= 4 is 5.78 Å². The van der Waals surface area contributed by atoms with Crippen LogP contribution in [0.5, 0.6) is 0 Å². The van der Waals surface area contributed by atoms with E-state index in [1.807, 2.05) is 0 Å². The molecule has 5 aliphatic rings. The second-order valence-corrected chi connectivity index (χ2v) is 10.5. The molecule has 0 aromatic rings. The van der Waals surface area contributed by atoms with Gasteiger partial charge in [-0.15, -0.1) is 0 Å². The fraction of sp³-hybridized carbons (Fsp3) is 0.870. The van der Waals surface area contributed by atoms with Crippen LogP contribution in [0.25, 0.3) is 0 Å². The first-order valence-electron chi connectivity index (χ1n) is 11.0. The highest BCUT2D eigenvalue weighted by Gasteiger charge is 2.65. The van der Waals surface area contributed by atoms with Crippen molar-refractivity contribution in [2.24, 2.45) is 28.6 Å². The summed E-state index contributed by atoms with van der Waals surface area (Å²) in [4.78, 5) is 12.3. The first-order valence-corrected chi connectivity index (χ1v) is 11.0. The molecular weight excluding hydrogens is 340 g/mol. The van der Waals surface area contributed by atoms with Crippen molar-refractivity contribution in [3.63, 3.8) is 0 Å². The molecule has 0 bridgehead atoms. The van der Waals surface area contributed by atoms with Crippen molar-refractivity contribution in [3.05, 3.63) is 11.6 Å². The van der Waals surface area contributed by atoms with E-state index < -0.39 is 5.60 Å². The lowest BCUT2D eigenvalue weighted by atomic mass is 9.46. The second-order valence-electron chi connectivity index (χ2n) is 10.5. The number of allylic oxidation sites excluding steroid dienone is 1. The van der Waals surface area contributed by atoms with E-state index in [0.717, 1.165) is 58.2 Å². The van der Waals surface area contributed by atoms with Gasteiger partial charge in [-0.05, 0) is 68.6 Å². The molecular formula is C23H34O4. The summed E-state index contributed by atoms with van der Waals surface area (Å²) in [7, 11) is 0. The monoisotopic (exact) mass is 374 g/mol. The lowest BCUT2D eigenvalue weighted by Crippen LogP contribution is -2.57. The minimum absolute atomic E-state index is 0.0284. The smallest absolute Gasteiger partial charge is 0.172 e. The summed E-state index contributed by atoms with van der Waals surface area (Å²) in [6, 6.07) is 0. The standard InChI is InChI=1S/C23H34O4/c1-15(24)23(25)9-7-19-17-5-4-16-14-22(26-12-13-27-22)11-10-20(16,2)18(17)6-8-21(19,23)3/h4,17-19,25H,5-14H2,1-3H3/t17-,18+,19-,20-,21-,23-/m0/s1. The number of rotatable bonds is 1. The third kappa shape index (κ3) is 2.24. The van der Waals surface area contributed by atoms with Crippen molar-refractivity contribution in [1.82, 2.24) is 0 Å². The molecule has 0 aromatic carbocycles. The Hall–Kier alpha value is -0.710. The molecule has 4 nitrogen and oxygen atoms in total. The molecule has 0 unspecified atom stereocenters. The lowest BCUT2D eigenvalue weighted by Gasteiger charge is -2.59. The zero-order valence-corrected chi connectivity index (χ0v) is 17.1. The van der Waals surface area contributed by atoms with Crippen LogP contribution in [0.1, 0.15) is 72.1 Å². The molecule has 1 saturated heterocycles. The van der Waals surface area contributed by atoms with Gasteiger partial charge < -0.3 is 14.6 Å². The van der Waals surface area contributed by atoms with Crippen LogP contribution in [0.3, 0.4) is 0 Å². The molecule has 0 radical (unpaired) electrons. The minimum atomic E-state index is -1.12. The number of ketones is 1. The number of hydrogen-bond donors (Lipinski definition) is 1. The van der Waals surface area contributed by atoms with Gasteiger partial charge >= 0.3 is 0 Å². The SMILES string of the molecule is CC(=O)[C@@]1(O)CC[C@H]2[C@H]3CC=C4CC5(CC[C@]4(C)[C@@H]3CC[C@@]21C)OCCO5. The van der Waals surface area contributed by atoms with E-state index in [1.54, 1.807) is 12.5 Å². The van der Waals surface area contributed by atoms with E-state index in [9.17, 15) is 9.90 Å². The highest BCUT2D eigenvalue weighted by Crippen LogP contribution is 2.68. The molecule has 4 fully saturated rings. The van der Waals surface area contributed by atoms with Crippen LogP contribution in [-0.2, 0) is 14.3 Å². The molecule has 4 aliphatic carbocycles. The van der Waals surface area contributed by atoms with Crippen LogP contribution in [0.4, 0.5) is 0 Å². The fourth-order valence-electron chi connectivity index (χ4n) is 7.94.